The molecule has 2 rings (SSSR count). The number of rotatable bonds is 2. The molecule has 0 saturated heterocycles. The van der Waals surface area contributed by atoms with Gasteiger partial charge in [0.1, 0.15) is 5.70 Å². The van der Waals surface area contributed by atoms with Crippen LogP contribution in [0.1, 0.15) is 5.56 Å². The maximum atomic E-state index is 11.7. The summed E-state index contributed by atoms with van der Waals surface area (Å²) < 4.78 is 0. The average Bonchev–Trinajstić information content (AvgIpc) is 2.60. The number of nitriles is 1. The van der Waals surface area contributed by atoms with Crippen molar-refractivity contribution >= 4 is 17.5 Å². The fourth-order valence-electron chi connectivity index (χ4n) is 1.68. The molecule has 5 heteroatoms. The largest absolute Gasteiger partial charge is 0.393 e. The number of nitrogens with two attached hydrogens (primary N) is 1. The van der Waals surface area contributed by atoms with E-state index in [2.05, 4.69) is 0 Å². The predicted molar refractivity (Wildman–Crippen MR) is 63.7 cm³/mol. The maximum absolute atomic E-state index is 11.7. The molecule has 0 unspecified atom stereocenters. The summed E-state index contributed by atoms with van der Waals surface area (Å²) in [6, 6.07) is 9.15. The van der Waals surface area contributed by atoms with E-state index in [1.165, 1.54) is 4.90 Å². The van der Waals surface area contributed by atoms with Crippen LogP contribution < -0.4 is 5.73 Å². The third-order valence-electron chi connectivity index (χ3n) is 2.61. The lowest BCUT2D eigenvalue weighted by atomic mass is 10.2. The van der Waals surface area contributed by atoms with E-state index in [0.29, 0.717) is 17.1 Å². The Morgan fingerprint density at radius 1 is 1.41 bits per heavy atom. The van der Waals surface area contributed by atoms with Gasteiger partial charge >= 0.3 is 0 Å². The maximum Gasteiger partial charge on any atom is 0.271 e. The standard InChI is InChI=1S/C12H10ClN3O/c13-10-3-1-8(2-4-10)6-16-7-9(5-14)11(15)12(16)17/h1-4H,6-7,15H2. The van der Waals surface area contributed by atoms with Crippen LogP contribution in [0.15, 0.2) is 35.5 Å². The second-order valence-corrected chi connectivity index (χ2v) is 4.23. The van der Waals surface area contributed by atoms with Crippen LogP contribution in [-0.2, 0) is 11.3 Å². The lowest BCUT2D eigenvalue weighted by molar-refractivity contribution is -0.126. The molecule has 1 aliphatic rings. The van der Waals surface area contributed by atoms with E-state index in [1.54, 1.807) is 12.1 Å². The molecule has 0 saturated carbocycles. The zero-order valence-corrected chi connectivity index (χ0v) is 9.74. The molecule has 1 aromatic rings. The van der Waals surface area contributed by atoms with Crippen molar-refractivity contribution < 1.29 is 4.79 Å². The van der Waals surface area contributed by atoms with Gasteiger partial charge in [-0.3, -0.25) is 4.79 Å². The monoisotopic (exact) mass is 247 g/mol. The minimum absolute atomic E-state index is 0.0569. The Kier molecular flexibility index (Phi) is 3.03. The molecule has 2 N–H and O–H groups in total. The van der Waals surface area contributed by atoms with Gasteiger partial charge in [-0.15, -0.1) is 0 Å². The number of carbonyl (C=O) groups excluding carboxylic acids is 1. The molecule has 0 aromatic heterocycles. The Hall–Kier alpha value is -1.99. The predicted octanol–water partition coefficient (Wildman–Crippen LogP) is 1.42. The molecule has 1 aromatic carbocycles. The van der Waals surface area contributed by atoms with Crippen molar-refractivity contribution in [1.82, 2.24) is 4.90 Å². The highest BCUT2D eigenvalue weighted by molar-refractivity contribution is 6.30. The molecule has 4 nitrogen and oxygen atoms in total. The molecule has 86 valence electrons. The van der Waals surface area contributed by atoms with Gasteiger partial charge in [0.05, 0.1) is 18.2 Å². The number of carbonyl (C=O) groups is 1. The van der Waals surface area contributed by atoms with Gasteiger partial charge in [0, 0.05) is 11.6 Å². The summed E-state index contributed by atoms with van der Waals surface area (Å²) in [6.07, 6.45) is 0. The second kappa shape index (κ2) is 4.48. The van der Waals surface area contributed by atoms with E-state index in [9.17, 15) is 4.79 Å². The molecule has 0 atom stereocenters. The fraction of sp³-hybridized carbons (Fsp3) is 0.167. The number of hydrogen-bond donors (Lipinski definition) is 1. The van der Waals surface area contributed by atoms with Crippen LogP contribution >= 0.6 is 11.6 Å². The van der Waals surface area contributed by atoms with Crippen molar-refractivity contribution in [3.63, 3.8) is 0 Å². The molecular weight excluding hydrogens is 238 g/mol. The van der Waals surface area contributed by atoms with Gasteiger partial charge in [0.15, 0.2) is 0 Å². The number of hydrogen-bond acceptors (Lipinski definition) is 3. The topological polar surface area (TPSA) is 70.1 Å². The normalized spacial score (nSPS) is 15.3. The highest BCUT2D eigenvalue weighted by Crippen LogP contribution is 2.18. The van der Waals surface area contributed by atoms with Gasteiger partial charge < -0.3 is 10.6 Å². The Morgan fingerprint density at radius 2 is 2.06 bits per heavy atom. The number of halogens is 1. The fourth-order valence-corrected chi connectivity index (χ4v) is 1.81. The molecule has 0 spiro atoms. The highest BCUT2D eigenvalue weighted by Gasteiger charge is 2.28. The quantitative estimate of drug-likeness (QED) is 0.859. The lowest BCUT2D eigenvalue weighted by Crippen LogP contribution is -2.28. The summed E-state index contributed by atoms with van der Waals surface area (Å²) in [4.78, 5) is 13.3. The Bertz CT molecular complexity index is 528. The summed E-state index contributed by atoms with van der Waals surface area (Å²) in [6.45, 7) is 0.714. The van der Waals surface area contributed by atoms with Crippen molar-refractivity contribution in [2.45, 2.75) is 6.54 Å². The third-order valence-corrected chi connectivity index (χ3v) is 2.87. The molecular formula is C12H10ClN3O. The van der Waals surface area contributed by atoms with Crippen LogP contribution in [0, 0.1) is 11.3 Å². The van der Waals surface area contributed by atoms with E-state index < -0.39 is 0 Å². The Balaban J connectivity index is 2.11. The minimum Gasteiger partial charge on any atom is -0.393 e. The van der Waals surface area contributed by atoms with Gasteiger partial charge in [-0.05, 0) is 17.7 Å². The van der Waals surface area contributed by atoms with Crippen LogP contribution in [0.2, 0.25) is 5.02 Å². The first-order chi connectivity index (χ1) is 8.11. The van der Waals surface area contributed by atoms with E-state index in [0.717, 1.165) is 5.56 Å². The van der Waals surface area contributed by atoms with Crippen LogP contribution in [0.3, 0.4) is 0 Å². The van der Waals surface area contributed by atoms with E-state index in [1.807, 2.05) is 18.2 Å². The van der Waals surface area contributed by atoms with Crippen LogP contribution in [0.25, 0.3) is 0 Å². The Morgan fingerprint density at radius 3 is 2.59 bits per heavy atom. The number of nitrogens with zero attached hydrogens (tertiary/aromatic N) is 2. The molecule has 0 bridgehead atoms. The second-order valence-electron chi connectivity index (χ2n) is 3.79. The summed E-state index contributed by atoms with van der Waals surface area (Å²) in [5.41, 5.74) is 6.89. The molecule has 1 amide bonds. The molecule has 1 aliphatic heterocycles. The van der Waals surface area contributed by atoms with Gasteiger partial charge in [0.2, 0.25) is 0 Å². The summed E-state index contributed by atoms with van der Waals surface area (Å²) in [5, 5.41) is 9.44. The first-order valence-electron chi connectivity index (χ1n) is 5.04. The van der Waals surface area contributed by atoms with Crippen LogP contribution in [0.4, 0.5) is 0 Å². The zero-order valence-electron chi connectivity index (χ0n) is 8.98. The van der Waals surface area contributed by atoms with Crippen molar-refractivity contribution in [3.8, 4) is 6.07 Å². The first kappa shape index (κ1) is 11.5. The van der Waals surface area contributed by atoms with Gasteiger partial charge in [-0.25, -0.2) is 0 Å². The molecule has 0 aliphatic carbocycles. The number of benzene rings is 1. The van der Waals surface area contributed by atoms with Gasteiger partial charge in [-0.2, -0.15) is 5.26 Å². The average molecular weight is 248 g/mol. The van der Waals surface area contributed by atoms with E-state index in [-0.39, 0.29) is 18.1 Å². The molecule has 17 heavy (non-hydrogen) atoms. The SMILES string of the molecule is N#CC1=C(N)C(=O)N(Cc2ccc(Cl)cc2)C1. The zero-order chi connectivity index (χ0) is 12.4. The summed E-state index contributed by atoms with van der Waals surface area (Å²) in [5.74, 6) is -0.281. The molecule has 1 heterocycles. The molecule has 0 fully saturated rings. The van der Waals surface area contributed by atoms with E-state index in [4.69, 9.17) is 22.6 Å². The van der Waals surface area contributed by atoms with Crippen molar-refractivity contribution in [1.29, 1.82) is 5.26 Å². The van der Waals surface area contributed by atoms with Crippen molar-refractivity contribution in [2.24, 2.45) is 5.73 Å². The van der Waals surface area contributed by atoms with Crippen LogP contribution in [0.5, 0.6) is 0 Å². The van der Waals surface area contributed by atoms with E-state index >= 15 is 0 Å². The highest BCUT2D eigenvalue weighted by atomic mass is 35.5. The molecule has 0 radical (unpaired) electrons. The van der Waals surface area contributed by atoms with Crippen molar-refractivity contribution in [3.05, 3.63) is 46.1 Å². The third kappa shape index (κ3) is 2.24. The van der Waals surface area contributed by atoms with Gasteiger partial charge in [-0.1, -0.05) is 23.7 Å². The summed E-state index contributed by atoms with van der Waals surface area (Å²) in [7, 11) is 0. The first-order valence-corrected chi connectivity index (χ1v) is 5.42. The van der Waals surface area contributed by atoms with Crippen molar-refractivity contribution in [2.75, 3.05) is 6.54 Å². The number of amides is 1. The smallest absolute Gasteiger partial charge is 0.271 e. The minimum atomic E-state index is -0.281. The summed E-state index contributed by atoms with van der Waals surface area (Å²) >= 11 is 5.77. The lowest BCUT2D eigenvalue weighted by Gasteiger charge is -2.15. The Labute approximate surface area is 104 Å². The van der Waals surface area contributed by atoms with Crippen LogP contribution in [-0.4, -0.2) is 17.4 Å². The van der Waals surface area contributed by atoms with Gasteiger partial charge in [0.25, 0.3) is 5.91 Å².